The zero-order valence-electron chi connectivity index (χ0n) is 13.7. The van der Waals surface area contributed by atoms with Crippen molar-refractivity contribution in [3.63, 3.8) is 0 Å². The number of fused-ring (bicyclic) bond motifs is 3. The van der Waals surface area contributed by atoms with Gasteiger partial charge in [0.2, 0.25) is 0 Å². The largest absolute Gasteiger partial charge is 0.497 e. The van der Waals surface area contributed by atoms with E-state index in [1.54, 1.807) is 13.3 Å². The molecule has 3 aliphatic heterocycles. The van der Waals surface area contributed by atoms with E-state index in [1.807, 2.05) is 24.3 Å². The Hall–Kier alpha value is -1.92. The monoisotopic (exact) mass is 343 g/mol. The van der Waals surface area contributed by atoms with Crippen LogP contribution in [0.2, 0.25) is 0 Å². The molecule has 1 N–H and O–H groups in total. The van der Waals surface area contributed by atoms with Crippen LogP contribution in [0.25, 0.3) is 10.4 Å². The summed E-state index contributed by atoms with van der Waals surface area (Å²) in [6, 6.07) is 8.09. The molecule has 126 valence electrons. The standard InChI is InChI=1S/C18H21N3O2S/c1-23-14-4-2-3-13(9-14)16-10-19-18(24-16)17(22)20-15-11-21-7-5-12(15)6-8-21/h2-4,9-10,12,15H,5-8,11H2,1H3,(H,20,22)/t15-/m0/s1. The topological polar surface area (TPSA) is 54.5 Å². The number of nitrogens with zero attached hydrogens (tertiary/aromatic N) is 2. The molecule has 1 aromatic heterocycles. The van der Waals surface area contributed by atoms with Crippen molar-refractivity contribution < 1.29 is 9.53 Å². The van der Waals surface area contributed by atoms with Gasteiger partial charge in [-0.3, -0.25) is 4.79 Å². The third kappa shape index (κ3) is 3.03. The molecule has 5 nitrogen and oxygen atoms in total. The zero-order chi connectivity index (χ0) is 16.5. The predicted molar refractivity (Wildman–Crippen MR) is 94.5 cm³/mol. The Morgan fingerprint density at radius 2 is 2.21 bits per heavy atom. The van der Waals surface area contributed by atoms with Crippen LogP contribution >= 0.6 is 11.3 Å². The molecule has 0 saturated carbocycles. The van der Waals surface area contributed by atoms with Crippen LogP contribution in [-0.2, 0) is 0 Å². The van der Waals surface area contributed by atoms with Crippen molar-refractivity contribution in [1.29, 1.82) is 0 Å². The third-order valence-corrected chi connectivity index (χ3v) is 6.07. The molecule has 3 aliphatic rings. The van der Waals surface area contributed by atoms with Crippen LogP contribution in [0.1, 0.15) is 22.6 Å². The van der Waals surface area contributed by atoms with Gasteiger partial charge < -0.3 is 15.0 Å². The molecule has 6 heteroatoms. The summed E-state index contributed by atoms with van der Waals surface area (Å²) in [7, 11) is 1.65. The Morgan fingerprint density at radius 1 is 1.38 bits per heavy atom. The molecule has 4 heterocycles. The minimum absolute atomic E-state index is 0.0482. The lowest BCUT2D eigenvalue weighted by atomic mass is 9.84. The van der Waals surface area contributed by atoms with Gasteiger partial charge in [0.05, 0.1) is 12.0 Å². The summed E-state index contributed by atoms with van der Waals surface area (Å²) in [5.41, 5.74) is 1.02. The van der Waals surface area contributed by atoms with Crippen LogP contribution in [0.15, 0.2) is 30.5 Å². The summed E-state index contributed by atoms with van der Waals surface area (Å²) >= 11 is 1.43. The number of hydrogen-bond donors (Lipinski definition) is 1. The molecule has 3 saturated heterocycles. The summed E-state index contributed by atoms with van der Waals surface area (Å²) < 4.78 is 5.26. The highest BCUT2D eigenvalue weighted by Crippen LogP contribution is 2.30. The van der Waals surface area contributed by atoms with Gasteiger partial charge in [-0.15, -0.1) is 11.3 Å². The Morgan fingerprint density at radius 3 is 2.92 bits per heavy atom. The average Bonchev–Trinajstić information content (AvgIpc) is 3.13. The van der Waals surface area contributed by atoms with Gasteiger partial charge in [-0.2, -0.15) is 0 Å². The first-order chi connectivity index (χ1) is 11.7. The van der Waals surface area contributed by atoms with Crippen molar-refractivity contribution in [1.82, 2.24) is 15.2 Å². The number of hydrogen-bond acceptors (Lipinski definition) is 5. The van der Waals surface area contributed by atoms with Crippen LogP contribution in [0.3, 0.4) is 0 Å². The number of carbonyl (C=O) groups excluding carboxylic acids is 1. The highest BCUT2D eigenvalue weighted by molar-refractivity contribution is 7.17. The van der Waals surface area contributed by atoms with Gasteiger partial charge in [0.15, 0.2) is 5.01 Å². The number of nitrogens with one attached hydrogen (secondary N) is 1. The highest BCUT2D eigenvalue weighted by Gasteiger charge is 2.35. The van der Waals surface area contributed by atoms with E-state index in [2.05, 4.69) is 15.2 Å². The van der Waals surface area contributed by atoms with E-state index in [-0.39, 0.29) is 11.9 Å². The maximum absolute atomic E-state index is 12.6. The number of methoxy groups -OCH3 is 1. The summed E-state index contributed by atoms with van der Waals surface area (Å²) in [5, 5.41) is 3.73. The lowest BCUT2D eigenvalue weighted by Crippen LogP contribution is -2.57. The fraction of sp³-hybridized carbons (Fsp3) is 0.444. The third-order valence-electron chi connectivity index (χ3n) is 5.03. The predicted octanol–water partition coefficient (Wildman–Crippen LogP) is 2.64. The second-order valence-electron chi connectivity index (χ2n) is 6.48. The van der Waals surface area contributed by atoms with Gasteiger partial charge in [-0.05, 0) is 49.5 Å². The Bertz CT molecular complexity index is 737. The smallest absolute Gasteiger partial charge is 0.280 e. The molecule has 2 aromatic rings. The van der Waals surface area contributed by atoms with Gasteiger partial charge >= 0.3 is 0 Å². The fourth-order valence-electron chi connectivity index (χ4n) is 3.65. The van der Waals surface area contributed by atoms with E-state index in [1.165, 1.54) is 37.3 Å². The average molecular weight is 343 g/mol. The summed E-state index contributed by atoms with van der Waals surface area (Å²) in [4.78, 5) is 20.3. The lowest BCUT2D eigenvalue weighted by molar-refractivity contribution is 0.0620. The number of ether oxygens (including phenoxy) is 1. The molecule has 2 bridgehead atoms. The molecular weight excluding hydrogens is 322 g/mol. The van der Waals surface area contributed by atoms with Crippen LogP contribution in [0.5, 0.6) is 5.75 Å². The number of rotatable bonds is 4. The van der Waals surface area contributed by atoms with Gasteiger partial charge in [-0.25, -0.2) is 4.98 Å². The number of carbonyl (C=O) groups is 1. The van der Waals surface area contributed by atoms with E-state index < -0.39 is 0 Å². The maximum atomic E-state index is 12.6. The summed E-state index contributed by atoms with van der Waals surface area (Å²) in [5.74, 6) is 1.38. The first kappa shape index (κ1) is 15.6. The second kappa shape index (κ2) is 6.53. The number of benzene rings is 1. The van der Waals surface area contributed by atoms with Crippen molar-refractivity contribution in [2.75, 3.05) is 26.7 Å². The van der Waals surface area contributed by atoms with Gasteiger partial charge in [0.1, 0.15) is 5.75 Å². The van der Waals surface area contributed by atoms with Crippen molar-refractivity contribution in [2.45, 2.75) is 18.9 Å². The minimum atomic E-state index is -0.0482. The second-order valence-corrected chi connectivity index (χ2v) is 7.51. The molecule has 1 aromatic carbocycles. The van der Waals surface area contributed by atoms with E-state index >= 15 is 0 Å². The normalized spacial score (nSPS) is 25.5. The van der Waals surface area contributed by atoms with E-state index in [9.17, 15) is 4.79 Å². The highest BCUT2D eigenvalue weighted by atomic mass is 32.1. The van der Waals surface area contributed by atoms with E-state index in [0.29, 0.717) is 10.9 Å². The van der Waals surface area contributed by atoms with E-state index in [4.69, 9.17) is 4.74 Å². The molecule has 0 spiro atoms. The van der Waals surface area contributed by atoms with Crippen LogP contribution in [0.4, 0.5) is 0 Å². The van der Waals surface area contributed by atoms with Gasteiger partial charge in [0, 0.05) is 18.8 Å². The molecule has 1 atom stereocenters. The van der Waals surface area contributed by atoms with Crippen LogP contribution in [0, 0.1) is 5.92 Å². The Kier molecular flexibility index (Phi) is 4.24. The van der Waals surface area contributed by atoms with Crippen LogP contribution in [-0.4, -0.2) is 48.6 Å². The van der Waals surface area contributed by atoms with Gasteiger partial charge in [0.25, 0.3) is 5.91 Å². The number of thiazole rings is 1. The molecule has 0 unspecified atom stereocenters. The van der Waals surface area contributed by atoms with Crippen LogP contribution < -0.4 is 10.1 Å². The first-order valence-electron chi connectivity index (χ1n) is 8.36. The fourth-order valence-corrected chi connectivity index (χ4v) is 4.46. The molecule has 0 radical (unpaired) electrons. The lowest BCUT2D eigenvalue weighted by Gasteiger charge is -2.44. The van der Waals surface area contributed by atoms with Gasteiger partial charge in [-0.1, -0.05) is 12.1 Å². The van der Waals surface area contributed by atoms with Crippen molar-refractivity contribution in [3.8, 4) is 16.2 Å². The number of amides is 1. The van der Waals surface area contributed by atoms with Crippen molar-refractivity contribution in [2.24, 2.45) is 5.92 Å². The number of aromatic nitrogens is 1. The number of piperidine rings is 3. The van der Waals surface area contributed by atoms with Crippen molar-refractivity contribution >= 4 is 17.2 Å². The quantitative estimate of drug-likeness (QED) is 0.927. The Balaban J connectivity index is 1.47. The SMILES string of the molecule is COc1cccc(-c2cnc(C(=O)N[C@H]3CN4CCC3CC4)s2)c1. The summed E-state index contributed by atoms with van der Waals surface area (Å²) in [6.07, 6.45) is 4.15. The molecular formula is C18H21N3O2S. The molecule has 24 heavy (non-hydrogen) atoms. The molecule has 1 amide bonds. The molecule has 3 fully saturated rings. The first-order valence-corrected chi connectivity index (χ1v) is 9.18. The Labute approximate surface area is 145 Å². The summed E-state index contributed by atoms with van der Waals surface area (Å²) in [6.45, 7) is 3.33. The molecule has 5 rings (SSSR count). The van der Waals surface area contributed by atoms with E-state index in [0.717, 1.165) is 22.7 Å². The van der Waals surface area contributed by atoms with Crippen molar-refractivity contribution in [3.05, 3.63) is 35.5 Å². The minimum Gasteiger partial charge on any atom is -0.497 e. The zero-order valence-corrected chi connectivity index (χ0v) is 14.5. The maximum Gasteiger partial charge on any atom is 0.280 e. The molecule has 0 aliphatic carbocycles.